The second-order valence-electron chi connectivity index (χ2n) is 20.0. The quantitative estimate of drug-likeness (QED) is 0.0653. The van der Waals surface area contributed by atoms with Crippen LogP contribution in [0.4, 0.5) is 52.7 Å². The highest BCUT2D eigenvalue weighted by Gasteiger charge is 2.54. The molecule has 4 bridgehead atoms. The lowest BCUT2D eigenvalue weighted by Crippen LogP contribution is -2.67. The Balaban J connectivity index is 0.000000166. The number of halogens is 13. The molecule has 0 aliphatic carbocycles. The van der Waals surface area contributed by atoms with E-state index < -0.39 is 65.2 Å². The first kappa shape index (κ1) is 55.9. The van der Waals surface area contributed by atoms with Gasteiger partial charge in [-0.2, -0.15) is 52.7 Å². The van der Waals surface area contributed by atoms with Crippen molar-refractivity contribution in [1.29, 1.82) is 0 Å². The third kappa shape index (κ3) is 12.3. The number of piperidine rings is 6. The van der Waals surface area contributed by atoms with Crippen LogP contribution in [0, 0.1) is 23.7 Å². The highest BCUT2D eigenvalue weighted by molar-refractivity contribution is 9.08. The maximum absolute atomic E-state index is 13.6. The van der Waals surface area contributed by atoms with Gasteiger partial charge >= 0.3 is 24.7 Å². The largest absolute Gasteiger partial charge is 0.416 e. The maximum atomic E-state index is 13.6. The van der Waals surface area contributed by atoms with E-state index in [1.54, 1.807) is 12.3 Å². The molecule has 0 spiro atoms. The highest BCUT2D eigenvalue weighted by atomic mass is 79.9. The Morgan fingerprint density at radius 3 is 1.53 bits per heavy atom. The Morgan fingerprint density at radius 2 is 1.08 bits per heavy atom. The van der Waals surface area contributed by atoms with Crippen molar-refractivity contribution in [3.05, 3.63) is 179 Å². The van der Waals surface area contributed by atoms with Crippen LogP contribution in [-0.2, 0) is 36.6 Å². The summed E-state index contributed by atoms with van der Waals surface area (Å²) in [6.45, 7) is 11.0. The first-order valence-electron chi connectivity index (χ1n) is 24.3. The lowest BCUT2D eigenvalue weighted by atomic mass is 9.71. The number of aliphatic hydroxyl groups excluding tert-OH is 2. The zero-order valence-electron chi connectivity index (χ0n) is 40.2. The van der Waals surface area contributed by atoms with E-state index in [0.29, 0.717) is 54.6 Å². The summed E-state index contributed by atoms with van der Waals surface area (Å²) in [5.41, 5.74) is -2.00. The second kappa shape index (κ2) is 22.0. The van der Waals surface area contributed by atoms with Gasteiger partial charge in [0.2, 0.25) is 0 Å². The Hall–Kier alpha value is -5.34. The summed E-state index contributed by atoms with van der Waals surface area (Å²) in [6, 6.07) is 22.2. The van der Waals surface area contributed by atoms with E-state index in [-0.39, 0.29) is 57.5 Å². The molecule has 10 atom stereocenters. The number of quaternary nitrogens is 1. The summed E-state index contributed by atoms with van der Waals surface area (Å²) in [7, 11) is 0. The number of alkyl halides is 13. The fraction of sp³-hybridized carbons (Fsp3) is 0.393. The van der Waals surface area contributed by atoms with Crippen LogP contribution in [-0.4, -0.2) is 67.8 Å². The molecule has 0 radical (unpaired) electrons. The summed E-state index contributed by atoms with van der Waals surface area (Å²) in [4.78, 5) is 11.2. The molecule has 2 N–H and O–H groups in total. The second-order valence-corrected chi connectivity index (χ2v) is 20.5. The van der Waals surface area contributed by atoms with Gasteiger partial charge in [-0.1, -0.05) is 64.5 Å². The van der Waals surface area contributed by atoms with E-state index in [2.05, 4.69) is 56.1 Å². The van der Waals surface area contributed by atoms with Gasteiger partial charge in [0.1, 0.15) is 18.7 Å². The number of para-hydroxylation sites is 2. The van der Waals surface area contributed by atoms with E-state index >= 15 is 0 Å². The molecular weight excluding hydrogens is 1070 g/mol. The van der Waals surface area contributed by atoms with Crippen molar-refractivity contribution in [1.82, 2.24) is 14.9 Å². The molecule has 75 heavy (non-hydrogen) atoms. The number of benzene rings is 4. The van der Waals surface area contributed by atoms with Crippen molar-refractivity contribution in [2.24, 2.45) is 23.7 Å². The lowest BCUT2D eigenvalue weighted by Gasteiger charge is -2.58. The molecule has 6 aliphatic heterocycles. The van der Waals surface area contributed by atoms with Crippen molar-refractivity contribution < 1.29 is 67.4 Å². The first-order valence-corrected chi connectivity index (χ1v) is 25.5. The fourth-order valence-electron chi connectivity index (χ4n) is 11.8. The van der Waals surface area contributed by atoms with Crippen LogP contribution in [0.3, 0.4) is 0 Å². The van der Waals surface area contributed by atoms with E-state index in [0.717, 1.165) is 59.9 Å². The molecular formula is C56H54BrF12N4O2+. The Labute approximate surface area is 434 Å². The molecule has 6 fully saturated rings. The van der Waals surface area contributed by atoms with Crippen LogP contribution in [0.5, 0.6) is 0 Å². The fourth-order valence-corrected chi connectivity index (χ4v) is 12.1. The van der Waals surface area contributed by atoms with Crippen LogP contribution in [0.2, 0.25) is 0 Å². The summed E-state index contributed by atoms with van der Waals surface area (Å²) in [5.74, 6) is 1.58. The van der Waals surface area contributed by atoms with Crippen LogP contribution in [0.25, 0.3) is 21.8 Å². The van der Waals surface area contributed by atoms with Gasteiger partial charge in [-0.15, -0.1) is 13.2 Å². The van der Waals surface area contributed by atoms with Crippen molar-refractivity contribution in [2.45, 2.75) is 86.6 Å². The average molecular weight is 1120 g/mol. The van der Waals surface area contributed by atoms with Gasteiger partial charge < -0.3 is 14.7 Å². The summed E-state index contributed by atoms with van der Waals surface area (Å²) in [6.07, 6.45) is -9.79. The van der Waals surface area contributed by atoms with Crippen LogP contribution >= 0.6 is 15.9 Å². The topological polar surface area (TPSA) is 69.5 Å². The van der Waals surface area contributed by atoms with Gasteiger partial charge in [0.15, 0.2) is 0 Å². The monoisotopic (exact) mass is 1120 g/mol. The van der Waals surface area contributed by atoms with Crippen molar-refractivity contribution in [3.8, 4) is 0 Å². The van der Waals surface area contributed by atoms with Crippen LogP contribution in [0.1, 0.15) is 82.4 Å². The molecule has 0 amide bonds. The predicted octanol–water partition coefficient (Wildman–Crippen LogP) is 14.7. The SMILES string of the molecule is C=CC1CN2CCC1CC2[C@H](O)c1ccnc2ccccc12.C=CC1C[N+]2(Cc3cc(C(F)(F)F)cc(C(F)(F)F)c3)CCC1CC2[C@H](O)c1ccnc2ccccc12.FC(F)(F)c1cc(CBr)cc(C(F)(F)F)c1. The number of nitrogens with zero attached hydrogens (tertiary/aromatic N) is 4. The molecule has 8 unspecified atom stereocenters. The van der Waals surface area contributed by atoms with E-state index in [1.807, 2.05) is 60.8 Å². The van der Waals surface area contributed by atoms with Gasteiger partial charge in [-0.05, 0) is 114 Å². The molecule has 12 rings (SSSR count). The minimum atomic E-state index is -4.91. The molecule has 2 aromatic heterocycles. The van der Waals surface area contributed by atoms with E-state index in [1.165, 1.54) is 6.42 Å². The third-order valence-corrected chi connectivity index (χ3v) is 16.2. The number of rotatable bonds is 9. The van der Waals surface area contributed by atoms with Crippen LogP contribution in [0.15, 0.2) is 135 Å². The smallest absolute Gasteiger partial charge is 0.387 e. The highest BCUT2D eigenvalue weighted by Crippen LogP contribution is 2.49. The Kier molecular flexibility index (Phi) is 16.4. The maximum Gasteiger partial charge on any atom is 0.416 e. The summed E-state index contributed by atoms with van der Waals surface area (Å²) >= 11 is 2.82. The number of hydrogen-bond acceptors (Lipinski definition) is 5. The molecule has 6 aliphatic rings. The number of hydrogen-bond donors (Lipinski definition) is 2. The Bertz CT molecular complexity index is 2920. The molecule has 6 aromatic rings. The zero-order chi connectivity index (χ0) is 54.3. The molecule has 4 aromatic carbocycles. The number of aromatic nitrogens is 2. The van der Waals surface area contributed by atoms with Crippen molar-refractivity contribution in [3.63, 3.8) is 0 Å². The van der Waals surface area contributed by atoms with Gasteiger partial charge in [0.25, 0.3) is 0 Å². The average Bonchev–Trinajstić information content (AvgIpc) is 3.40. The predicted molar refractivity (Wildman–Crippen MR) is 265 cm³/mol. The van der Waals surface area contributed by atoms with Crippen LogP contribution < -0.4 is 0 Å². The molecule has 19 heteroatoms. The molecule has 6 nitrogen and oxygen atoms in total. The standard InChI is InChI=1S/C28H27F6N2O.C19H22N2O.C9H5BrF6/c1-2-18-16-36(15-17-11-20(27(29,30)31)14-21(12-17)28(32,33)34)10-8-19(18)13-25(36)26(37)23-7-9-35-24-6-4-3-5-22(23)24;1-2-13-12-21-10-8-14(13)11-18(21)19(22)16-7-9-20-17-6-4-3-5-15(16)17;10-4-5-1-6(8(11,12)13)3-7(2-5)9(14,15)16/h2-7,9,11-12,14,18-19,25-26,37H,1,8,10,13,15-16H2;2-7,9,13-14,18-19,22H,1,8,10-12H2;1-3H,4H2/q+1;;/t18?,19?,25?,26-,36?;13?,14?,18?,19-;/m11./s1. The number of aliphatic hydroxyl groups is 2. The normalized spacial score (nSPS) is 25.4. The summed E-state index contributed by atoms with van der Waals surface area (Å²) in [5, 5.41) is 24.5. The first-order chi connectivity index (χ1) is 35.3. The van der Waals surface area contributed by atoms with Gasteiger partial charge in [-0.3, -0.25) is 14.9 Å². The van der Waals surface area contributed by atoms with E-state index in [9.17, 15) is 62.9 Å². The number of fused-ring (bicyclic) bond motifs is 8. The third-order valence-electron chi connectivity index (χ3n) is 15.5. The molecule has 8 heterocycles. The molecule has 400 valence electrons. The van der Waals surface area contributed by atoms with Gasteiger partial charge in [0, 0.05) is 65.4 Å². The zero-order valence-corrected chi connectivity index (χ0v) is 41.8. The van der Waals surface area contributed by atoms with Crippen molar-refractivity contribution >= 4 is 37.7 Å². The lowest BCUT2D eigenvalue weighted by molar-refractivity contribution is -0.984. The van der Waals surface area contributed by atoms with Gasteiger partial charge in [-0.25, -0.2) is 0 Å². The minimum Gasteiger partial charge on any atom is -0.387 e. The number of pyridine rings is 2. The summed E-state index contributed by atoms with van der Waals surface area (Å²) < 4.78 is 155. The van der Waals surface area contributed by atoms with E-state index in [4.69, 9.17) is 0 Å². The minimum absolute atomic E-state index is 0.0397. The molecule has 6 saturated heterocycles. The van der Waals surface area contributed by atoms with Crippen molar-refractivity contribution in [2.75, 3.05) is 26.2 Å². The van der Waals surface area contributed by atoms with Gasteiger partial charge in [0.05, 0.1) is 52.5 Å². The Morgan fingerprint density at radius 1 is 0.613 bits per heavy atom. The molecule has 0 saturated carbocycles.